The van der Waals surface area contributed by atoms with Gasteiger partial charge in [0.15, 0.2) is 0 Å². The van der Waals surface area contributed by atoms with E-state index in [0.717, 1.165) is 0 Å². The normalized spacial score (nSPS) is 10.8. The Kier molecular flexibility index (Phi) is 4.35. The van der Waals surface area contributed by atoms with Gasteiger partial charge in [-0.25, -0.2) is 0 Å². The van der Waals surface area contributed by atoms with Gasteiger partial charge < -0.3 is 0 Å². The van der Waals surface area contributed by atoms with Crippen molar-refractivity contribution in [1.82, 2.24) is 0 Å². The molecule has 0 nitrogen and oxygen atoms in total. The van der Waals surface area contributed by atoms with Gasteiger partial charge in [0.2, 0.25) is 0 Å². The summed E-state index contributed by atoms with van der Waals surface area (Å²) < 4.78 is 64.5. The Morgan fingerprint density at radius 2 is 1.20 bits per heavy atom. The molecular weight excluding hydrogens is 331 g/mol. The van der Waals surface area contributed by atoms with Crippen LogP contribution in [0.3, 0.4) is 0 Å². The maximum atomic E-state index is 13.0. The average molecular weight is 338 g/mol. The summed E-state index contributed by atoms with van der Waals surface area (Å²) in [6, 6.07) is 0. The van der Waals surface area contributed by atoms with E-state index in [4.69, 9.17) is 0 Å². The molecule has 0 radical (unpaired) electrons. The molecule has 0 aromatic heterocycles. The Morgan fingerprint density at radius 1 is 0.800 bits per heavy atom. The Morgan fingerprint density at radius 3 is 1.60 bits per heavy atom. The Balaban J connectivity index is 3.26. The molecular formula is C9H7F5Te. The SMILES string of the molecule is C[Te]CCc1c(F)c(F)c(F)c(F)c1F. The van der Waals surface area contributed by atoms with Crippen molar-refractivity contribution in [2.75, 3.05) is 0 Å². The van der Waals surface area contributed by atoms with Crippen molar-refractivity contribution in [2.45, 2.75) is 15.9 Å². The van der Waals surface area contributed by atoms with Gasteiger partial charge in [0.1, 0.15) is 0 Å². The molecule has 84 valence electrons. The summed E-state index contributed by atoms with van der Waals surface area (Å²) in [4.78, 5) is 1.89. The third-order valence-electron chi connectivity index (χ3n) is 1.86. The molecule has 0 fully saturated rings. The summed E-state index contributed by atoms with van der Waals surface area (Å²) in [5, 5.41) is 0. The van der Waals surface area contributed by atoms with E-state index in [2.05, 4.69) is 0 Å². The summed E-state index contributed by atoms with van der Waals surface area (Å²) in [5.74, 6) is -9.22. The maximum absolute atomic E-state index is 13.0. The molecule has 1 rings (SSSR count). The van der Waals surface area contributed by atoms with E-state index in [9.17, 15) is 22.0 Å². The number of hydrogen-bond acceptors (Lipinski definition) is 0. The van der Waals surface area contributed by atoms with Crippen molar-refractivity contribution in [3.63, 3.8) is 0 Å². The first kappa shape index (κ1) is 12.7. The van der Waals surface area contributed by atoms with Crippen LogP contribution in [0.1, 0.15) is 5.56 Å². The minimum atomic E-state index is -2.10. The van der Waals surface area contributed by atoms with Crippen LogP contribution in [0.4, 0.5) is 22.0 Å². The predicted octanol–water partition coefficient (Wildman–Crippen LogP) is 3.10. The van der Waals surface area contributed by atoms with Crippen molar-refractivity contribution in [3.05, 3.63) is 34.6 Å². The fourth-order valence-corrected chi connectivity index (χ4v) is 2.24. The molecule has 0 amide bonds. The summed E-state index contributed by atoms with van der Waals surface area (Å²) in [6.07, 6.45) is -0.0927. The molecule has 0 N–H and O–H groups in total. The van der Waals surface area contributed by atoms with Crippen molar-refractivity contribution in [1.29, 1.82) is 0 Å². The van der Waals surface area contributed by atoms with E-state index >= 15 is 0 Å². The quantitative estimate of drug-likeness (QED) is 0.344. The van der Waals surface area contributed by atoms with Crippen LogP contribution in [0.25, 0.3) is 0 Å². The molecule has 0 atom stereocenters. The van der Waals surface area contributed by atoms with E-state index in [1.807, 2.05) is 4.97 Å². The summed E-state index contributed by atoms with van der Waals surface area (Å²) in [7, 11) is 0. The number of benzene rings is 1. The molecule has 6 heteroatoms. The van der Waals surface area contributed by atoms with Gasteiger partial charge in [0, 0.05) is 0 Å². The van der Waals surface area contributed by atoms with Gasteiger partial charge in [-0.15, -0.1) is 0 Å². The van der Waals surface area contributed by atoms with Crippen molar-refractivity contribution < 1.29 is 22.0 Å². The van der Waals surface area contributed by atoms with Crippen LogP contribution in [0, 0.1) is 29.1 Å². The first-order chi connectivity index (χ1) is 7.00. The summed E-state index contributed by atoms with van der Waals surface area (Å²) in [5.41, 5.74) is -0.696. The fourth-order valence-electron chi connectivity index (χ4n) is 1.07. The van der Waals surface area contributed by atoms with E-state index in [1.165, 1.54) is 0 Å². The first-order valence-electron chi connectivity index (χ1n) is 4.00. The molecule has 0 spiro atoms. The molecule has 1 aromatic carbocycles. The molecule has 0 saturated carbocycles. The molecule has 0 unspecified atom stereocenters. The minimum absolute atomic E-state index is 0.0927. The van der Waals surface area contributed by atoms with Crippen LogP contribution < -0.4 is 0 Å². The average Bonchev–Trinajstić information content (AvgIpc) is 2.24. The summed E-state index contributed by atoms with van der Waals surface area (Å²) in [6.45, 7) is 0. The second kappa shape index (κ2) is 5.13. The van der Waals surface area contributed by atoms with Gasteiger partial charge >= 0.3 is 93.4 Å². The zero-order chi connectivity index (χ0) is 11.6. The molecule has 0 heterocycles. The molecule has 1 aromatic rings. The molecule has 0 saturated heterocycles. The van der Waals surface area contributed by atoms with Crippen LogP contribution in [0.5, 0.6) is 0 Å². The predicted molar refractivity (Wildman–Crippen MR) is 46.4 cm³/mol. The van der Waals surface area contributed by atoms with E-state index in [0.29, 0.717) is 4.47 Å². The fraction of sp³-hybridized carbons (Fsp3) is 0.333. The Labute approximate surface area is 93.6 Å². The second-order valence-electron chi connectivity index (χ2n) is 2.79. The molecule has 0 aliphatic rings. The van der Waals surface area contributed by atoms with Gasteiger partial charge in [-0.05, 0) is 0 Å². The molecule has 0 aliphatic carbocycles. The van der Waals surface area contributed by atoms with Gasteiger partial charge in [0.05, 0.1) is 0 Å². The van der Waals surface area contributed by atoms with E-state index < -0.39 is 55.6 Å². The number of hydrogen-bond donors (Lipinski definition) is 0. The second-order valence-corrected chi connectivity index (χ2v) is 5.60. The number of rotatable bonds is 3. The molecule has 0 aliphatic heterocycles. The third-order valence-corrected chi connectivity index (χ3v) is 3.60. The Bertz CT molecular complexity index is 348. The Hall–Kier alpha value is -0.340. The first-order valence-corrected chi connectivity index (χ1v) is 7.97. The van der Waals surface area contributed by atoms with Gasteiger partial charge in [-0.1, -0.05) is 0 Å². The van der Waals surface area contributed by atoms with Crippen molar-refractivity contribution >= 4 is 20.9 Å². The van der Waals surface area contributed by atoms with Crippen molar-refractivity contribution in [3.8, 4) is 0 Å². The van der Waals surface area contributed by atoms with Crippen LogP contribution >= 0.6 is 0 Å². The van der Waals surface area contributed by atoms with Gasteiger partial charge in [0.25, 0.3) is 0 Å². The number of halogens is 5. The van der Waals surface area contributed by atoms with Gasteiger partial charge in [-0.2, -0.15) is 0 Å². The van der Waals surface area contributed by atoms with Crippen LogP contribution in [0.2, 0.25) is 9.44 Å². The molecule has 15 heavy (non-hydrogen) atoms. The zero-order valence-electron chi connectivity index (χ0n) is 7.71. The third kappa shape index (κ3) is 2.43. The monoisotopic (exact) mass is 340 g/mol. The van der Waals surface area contributed by atoms with E-state index in [1.54, 1.807) is 0 Å². The molecule has 0 bridgehead atoms. The zero-order valence-corrected chi connectivity index (χ0v) is 10.0. The summed E-state index contributed by atoms with van der Waals surface area (Å²) >= 11 is -0.399. The van der Waals surface area contributed by atoms with Crippen LogP contribution in [-0.4, -0.2) is 20.9 Å². The van der Waals surface area contributed by atoms with Crippen LogP contribution in [-0.2, 0) is 6.42 Å². The van der Waals surface area contributed by atoms with Crippen LogP contribution in [0.15, 0.2) is 0 Å². The van der Waals surface area contributed by atoms with E-state index in [-0.39, 0.29) is 6.42 Å². The van der Waals surface area contributed by atoms with Gasteiger partial charge in [-0.3, -0.25) is 0 Å². The van der Waals surface area contributed by atoms with Crippen molar-refractivity contribution in [2.24, 2.45) is 0 Å². The topological polar surface area (TPSA) is 0 Å². The standard InChI is InChI=1S/C9H7F5Te/c1-15-3-2-4-5(10)7(12)9(14)8(13)6(4)11/h2-3H2,1H3.